The Morgan fingerprint density at radius 3 is 2.13 bits per heavy atom. The number of benzene rings is 1. The predicted octanol–water partition coefficient (Wildman–Crippen LogP) is 5.64. The van der Waals surface area contributed by atoms with Gasteiger partial charge in [0.2, 0.25) is 0 Å². The summed E-state index contributed by atoms with van der Waals surface area (Å²) in [6, 6.07) is 7.08. The van der Waals surface area contributed by atoms with Gasteiger partial charge in [0.25, 0.3) is 0 Å². The van der Waals surface area contributed by atoms with Crippen LogP contribution in [0.2, 0.25) is 0 Å². The number of aryl methyl sites for hydroxylation is 1. The standard InChI is InChI=1S/C22H30N2O5S/c1-14-18(30-13-23-14)16-10-8-15(9-11-16)17(24-19(25)28-21(2,3)4)12-27-20(26)29-22(5,6)7/h8-11,13,17H,12H2,1-7H3,(H,24,25)/t17-/m0/s1. The van der Waals surface area contributed by atoms with Crippen LogP contribution in [0.15, 0.2) is 29.8 Å². The van der Waals surface area contributed by atoms with Gasteiger partial charge in [-0.25, -0.2) is 14.6 Å². The molecule has 0 radical (unpaired) electrons. The summed E-state index contributed by atoms with van der Waals surface area (Å²) in [5.74, 6) is 0. The summed E-state index contributed by atoms with van der Waals surface area (Å²) >= 11 is 1.57. The summed E-state index contributed by atoms with van der Waals surface area (Å²) in [4.78, 5) is 29.6. The summed E-state index contributed by atoms with van der Waals surface area (Å²) < 4.78 is 15.8. The van der Waals surface area contributed by atoms with Crippen LogP contribution in [-0.4, -0.2) is 35.0 Å². The third-order valence-corrected chi connectivity index (χ3v) is 4.75. The number of amides is 1. The Bertz CT molecular complexity index is 863. The molecule has 30 heavy (non-hydrogen) atoms. The number of carbonyl (C=O) groups excluding carboxylic acids is 2. The van der Waals surface area contributed by atoms with Crippen molar-refractivity contribution >= 4 is 23.6 Å². The summed E-state index contributed by atoms with van der Waals surface area (Å²) in [6.45, 7) is 12.5. The largest absolute Gasteiger partial charge is 0.508 e. The Morgan fingerprint density at radius 2 is 1.63 bits per heavy atom. The van der Waals surface area contributed by atoms with Gasteiger partial charge in [0.15, 0.2) is 0 Å². The lowest BCUT2D eigenvalue weighted by atomic mass is 10.0. The van der Waals surface area contributed by atoms with E-state index in [4.69, 9.17) is 14.2 Å². The third kappa shape index (κ3) is 7.67. The molecule has 0 bridgehead atoms. The van der Waals surface area contributed by atoms with Crippen molar-refractivity contribution < 1.29 is 23.8 Å². The number of rotatable bonds is 5. The lowest BCUT2D eigenvalue weighted by Crippen LogP contribution is -2.37. The molecule has 0 aliphatic heterocycles. The Kier molecular flexibility index (Phi) is 7.47. The van der Waals surface area contributed by atoms with Gasteiger partial charge in [-0.1, -0.05) is 24.3 Å². The maximum Gasteiger partial charge on any atom is 0.508 e. The number of ether oxygens (including phenoxy) is 3. The zero-order valence-electron chi connectivity index (χ0n) is 18.6. The van der Waals surface area contributed by atoms with Gasteiger partial charge in [-0.05, 0) is 59.6 Å². The highest BCUT2D eigenvalue weighted by molar-refractivity contribution is 7.13. The highest BCUT2D eigenvalue weighted by atomic mass is 32.1. The van der Waals surface area contributed by atoms with E-state index in [0.717, 1.165) is 21.7 Å². The van der Waals surface area contributed by atoms with Crippen molar-refractivity contribution in [3.05, 3.63) is 41.0 Å². The van der Waals surface area contributed by atoms with Gasteiger partial charge >= 0.3 is 12.2 Å². The SMILES string of the molecule is Cc1ncsc1-c1ccc([C@H](COC(=O)OC(C)(C)C)NC(=O)OC(C)(C)C)cc1. The minimum Gasteiger partial charge on any atom is -0.444 e. The van der Waals surface area contributed by atoms with Gasteiger partial charge in [-0.3, -0.25) is 0 Å². The predicted molar refractivity (Wildman–Crippen MR) is 117 cm³/mol. The van der Waals surface area contributed by atoms with Crippen LogP contribution in [0.1, 0.15) is 58.8 Å². The molecule has 1 atom stereocenters. The molecule has 1 amide bonds. The first-order chi connectivity index (χ1) is 13.8. The van der Waals surface area contributed by atoms with Crippen molar-refractivity contribution in [2.24, 2.45) is 0 Å². The van der Waals surface area contributed by atoms with E-state index in [1.807, 2.05) is 31.2 Å². The lowest BCUT2D eigenvalue weighted by Gasteiger charge is -2.24. The number of nitrogens with one attached hydrogen (secondary N) is 1. The zero-order chi connectivity index (χ0) is 22.5. The maximum atomic E-state index is 12.3. The van der Waals surface area contributed by atoms with Crippen molar-refractivity contribution in [1.82, 2.24) is 10.3 Å². The summed E-state index contributed by atoms with van der Waals surface area (Å²) in [5, 5.41) is 2.77. The first-order valence-electron chi connectivity index (χ1n) is 9.70. The van der Waals surface area contributed by atoms with E-state index >= 15 is 0 Å². The fraction of sp³-hybridized carbons (Fsp3) is 0.500. The van der Waals surface area contributed by atoms with E-state index in [-0.39, 0.29) is 6.61 Å². The molecule has 0 aliphatic carbocycles. The van der Waals surface area contributed by atoms with Gasteiger partial charge in [-0.15, -0.1) is 11.3 Å². The highest BCUT2D eigenvalue weighted by Crippen LogP contribution is 2.28. The van der Waals surface area contributed by atoms with Gasteiger partial charge in [0.05, 0.1) is 22.1 Å². The first-order valence-corrected chi connectivity index (χ1v) is 10.6. The molecule has 0 unspecified atom stereocenters. The van der Waals surface area contributed by atoms with Crippen LogP contribution in [-0.2, 0) is 14.2 Å². The molecule has 7 nitrogen and oxygen atoms in total. The fourth-order valence-electron chi connectivity index (χ4n) is 2.55. The highest BCUT2D eigenvalue weighted by Gasteiger charge is 2.24. The van der Waals surface area contributed by atoms with Crippen LogP contribution in [0.4, 0.5) is 9.59 Å². The second kappa shape index (κ2) is 9.47. The van der Waals surface area contributed by atoms with E-state index < -0.39 is 29.5 Å². The van der Waals surface area contributed by atoms with Crippen molar-refractivity contribution in [1.29, 1.82) is 0 Å². The molecule has 8 heteroatoms. The van der Waals surface area contributed by atoms with Gasteiger partial charge < -0.3 is 19.5 Å². The van der Waals surface area contributed by atoms with Crippen molar-refractivity contribution in [3.8, 4) is 10.4 Å². The second-order valence-corrected chi connectivity index (χ2v) is 9.72. The molecule has 0 saturated carbocycles. The quantitative estimate of drug-likeness (QED) is 0.613. The number of aromatic nitrogens is 1. The first kappa shape index (κ1) is 23.7. The molecule has 1 aromatic heterocycles. The molecule has 0 aliphatic rings. The minimum absolute atomic E-state index is 0.0902. The van der Waals surface area contributed by atoms with Gasteiger partial charge in [-0.2, -0.15) is 0 Å². The molecule has 0 saturated heterocycles. The van der Waals surface area contributed by atoms with Crippen LogP contribution in [0.5, 0.6) is 0 Å². The average molecular weight is 435 g/mol. The number of hydrogen-bond acceptors (Lipinski definition) is 7. The summed E-state index contributed by atoms with van der Waals surface area (Å²) in [6.07, 6.45) is -1.39. The molecule has 1 aromatic carbocycles. The number of carbonyl (C=O) groups is 2. The molecule has 164 valence electrons. The average Bonchev–Trinajstić information content (AvgIpc) is 3.01. The van der Waals surface area contributed by atoms with E-state index in [1.165, 1.54) is 0 Å². The molecule has 1 N–H and O–H groups in total. The van der Waals surface area contributed by atoms with E-state index in [9.17, 15) is 9.59 Å². The number of thiazole rings is 1. The topological polar surface area (TPSA) is 86.8 Å². The van der Waals surface area contributed by atoms with Crippen LogP contribution < -0.4 is 5.32 Å². The molecule has 0 spiro atoms. The minimum atomic E-state index is -0.796. The van der Waals surface area contributed by atoms with E-state index in [2.05, 4.69) is 10.3 Å². The van der Waals surface area contributed by atoms with Crippen LogP contribution in [0.3, 0.4) is 0 Å². The molecule has 2 aromatic rings. The Balaban J connectivity index is 2.16. The van der Waals surface area contributed by atoms with Crippen molar-refractivity contribution in [2.45, 2.75) is 65.7 Å². The monoisotopic (exact) mass is 434 g/mol. The van der Waals surface area contributed by atoms with Crippen molar-refractivity contribution in [2.75, 3.05) is 6.61 Å². The van der Waals surface area contributed by atoms with Crippen molar-refractivity contribution in [3.63, 3.8) is 0 Å². The molecule has 0 fully saturated rings. The van der Waals surface area contributed by atoms with E-state index in [0.29, 0.717) is 0 Å². The Morgan fingerprint density at radius 1 is 1.03 bits per heavy atom. The molecular formula is C22H30N2O5S. The number of nitrogens with zero attached hydrogens (tertiary/aromatic N) is 1. The lowest BCUT2D eigenvalue weighted by molar-refractivity contribution is -0.0121. The molecule has 1 heterocycles. The molecular weight excluding hydrogens is 404 g/mol. The Hall–Kier alpha value is -2.61. The smallest absolute Gasteiger partial charge is 0.444 e. The van der Waals surface area contributed by atoms with E-state index in [1.54, 1.807) is 58.4 Å². The van der Waals surface area contributed by atoms with Crippen LogP contribution >= 0.6 is 11.3 Å². The normalized spacial score (nSPS) is 12.8. The summed E-state index contributed by atoms with van der Waals surface area (Å²) in [5.41, 5.74) is 3.26. The number of alkyl carbamates (subject to hydrolysis) is 1. The third-order valence-electron chi connectivity index (χ3n) is 3.77. The fourth-order valence-corrected chi connectivity index (χ4v) is 3.36. The van der Waals surface area contributed by atoms with Gasteiger partial charge in [0, 0.05) is 0 Å². The number of hydrogen-bond donors (Lipinski definition) is 1. The Labute approximate surface area is 181 Å². The van der Waals surface area contributed by atoms with Gasteiger partial charge in [0.1, 0.15) is 17.8 Å². The van der Waals surface area contributed by atoms with Crippen LogP contribution in [0, 0.1) is 6.92 Å². The summed E-state index contributed by atoms with van der Waals surface area (Å²) in [7, 11) is 0. The second-order valence-electron chi connectivity index (χ2n) is 8.86. The maximum absolute atomic E-state index is 12.3. The van der Waals surface area contributed by atoms with Crippen LogP contribution in [0.25, 0.3) is 10.4 Å². The zero-order valence-corrected chi connectivity index (χ0v) is 19.4. The molecule has 2 rings (SSSR count).